The van der Waals surface area contributed by atoms with Gasteiger partial charge in [-0.2, -0.15) is 0 Å². The summed E-state index contributed by atoms with van der Waals surface area (Å²) in [6.07, 6.45) is 2.43. The molecule has 1 aliphatic carbocycles. The van der Waals surface area contributed by atoms with Crippen LogP contribution in [0.15, 0.2) is 23.2 Å². The van der Waals surface area contributed by atoms with Crippen LogP contribution in [-0.4, -0.2) is 31.2 Å². The van der Waals surface area contributed by atoms with E-state index >= 15 is 0 Å². The van der Waals surface area contributed by atoms with Crippen molar-refractivity contribution in [1.29, 1.82) is 0 Å². The first-order valence-corrected chi connectivity index (χ1v) is 7.13. The fourth-order valence-electron chi connectivity index (χ4n) is 1.74. The van der Waals surface area contributed by atoms with Crippen LogP contribution >= 0.6 is 11.6 Å². The van der Waals surface area contributed by atoms with Gasteiger partial charge < -0.3 is 5.11 Å². The second-order valence-corrected chi connectivity index (χ2v) is 6.23. The highest BCUT2D eigenvalue weighted by Crippen LogP contribution is 2.27. The van der Waals surface area contributed by atoms with Gasteiger partial charge in [-0.3, -0.25) is 0 Å². The fourth-order valence-corrected chi connectivity index (χ4v) is 3.31. The molecule has 17 heavy (non-hydrogen) atoms. The standard InChI is InChI=1S/C10H13ClN2O3S/c11-10-9(2-1-3-12-10)17(15,16)13-6-7-4-8(14)5-7/h1-3,7-8,13-14H,4-6H2. The molecule has 94 valence electrons. The van der Waals surface area contributed by atoms with Crippen molar-refractivity contribution in [2.75, 3.05) is 6.54 Å². The van der Waals surface area contributed by atoms with Gasteiger partial charge in [0.15, 0.2) is 0 Å². The highest BCUT2D eigenvalue weighted by molar-refractivity contribution is 7.89. The molecule has 2 rings (SSSR count). The van der Waals surface area contributed by atoms with Crippen molar-refractivity contribution in [1.82, 2.24) is 9.71 Å². The predicted octanol–water partition coefficient (Wildman–Crippen LogP) is 0.784. The van der Waals surface area contributed by atoms with Gasteiger partial charge in [0.25, 0.3) is 0 Å². The zero-order chi connectivity index (χ0) is 12.5. The number of nitrogens with zero attached hydrogens (tertiary/aromatic N) is 1. The van der Waals surface area contributed by atoms with Crippen LogP contribution in [0.3, 0.4) is 0 Å². The van der Waals surface area contributed by atoms with Crippen LogP contribution in [0, 0.1) is 5.92 Å². The van der Waals surface area contributed by atoms with Crippen LogP contribution in [0.4, 0.5) is 0 Å². The topological polar surface area (TPSA) is 79.3 Å². The van der Waals surface area contributed by atoms with Gasteiger partial charge in [0.1, 0.15) is 10.0 Å². The number of aliphatic hydroxyl groups is 1. The third-order valence-corrected chi connectivity index (χ3v) is 4.66. The van der Waals surface area contributed by atoms with Crippen molar-refractivity contribution in [3.05, 3.63) is 23.5 Å². The molecule has 0 saturated heterocycles. The maximum absolute atomic E-state index is 11.9. The third kappa shape index (κ3) is 2.95. The van der Waals surface area contributed by atoms with Crippen LogP contribution < -0.4 is 4.72 Å². The smallest absolute Gasteiger partial charge is 0.243 e. The zero-order valence-electron chi connectivity index (χ0n) is 9.01. The monoisotopic (exact) mass is 276 g/mol. The molecule has 1 aromatic heterocycles. The van der Waals surface area contributed by atoms with E-state index in [-0.39, 0.29) is 22.1 Å². The summed E-state index contributed by atoms with van der Waals surface area (Å²) in [5.41, 5.74) is 0. The van der Waals surface area contributed by atoms with Crippen molar-refractivity contribution >= 4 is 21.6 Å². The molecule has 0 spiro atoms. The number of aromatic nitrogens is 1. The first kappa shape index (κ1) is 12.8. The first-order chi connectivity index (χ1) is 7.99. The average Bonchev–Trinajstić information content (AvgIpc) is 2.23. The Kier molecular flexibility index (Phi) is 3.67. The molecule has 2 N–H and O–H groups in total. The van der Waals surface area contributed by atoms with Crippen molar-refractivity contribution in [3.63, 3.8) is 0 Å². The first-order valence-electron chi connectivity index (χ1n) is 5.27. The van der Waals surface area contributed by atoms with Crippen LogP contribution in [-0.2, 0) is 10.0 Å². The maximum atomic E-state index is 11.9. The largest absolute Gasteiger partial charge is 0.393 e. The van der Waals surface area contributed by atoms with E-state index in [1.165, 1.54) is 18.3 Å². The Morgan fingerprint density at radius 3 is 2.82 bits per heavy atom. The van der Waals surface area contributed by atoms with Crippen molar-refractivity contribution in [2.45, 2.75) is 23.8 Å². The Bertz CT molecular complexity index is 500. The van der Waals surface area contributed by atoms with E-state index in [1.54, 1.807) is 0 Å². The lowest BCUT2D eigenvalue weighted by molar-refractivity contribution is 0.0453. The predicted molar refractivity (Wildman–Crippen MR) is 63.2 cm³/mol. The molecule has 0 aromatic carbocycles. The number of halogens is 1. The van der Waals surface area contributed by atoms with Gasteiger partial charge in [0.05, 0.1) is 6.10 Å². The number of hydrogen-bond acceptors (Lipinski definition) is 4. The van der Waals surface area contributed by atoms with Crippen molar-refractivity contribution < 1.29 is 13.5 Å². The summed E-state index contributed by atoms with van der Waals surface area (Å²) >= 11 is 5.72. The molecule has 1 saturated carbocycles. The summed E-state index contributed by atoms with van der Waals surface area (Å²) in [5, 5.41) is 9.07. The number of pyridine rings is 1. The minimum absolute atomic E-state index is 0.0125. The molecule has 1 fully saturated rings. The van der Waals surface area contributed by atoms with E-state index in [0.717, 1.165) is 0 Å². The fraction of sp³-hybridized carbons (Fsp3) is 0.500. The van der Waals surface area contributed by atoms with Crippen molar-refractivity contribution in [2.24, 2.45) is 5.92 Å². The normalized spacial score (nSPS) is 24.4. The van der Waals surface area contributed by atoms with E-state index in [1.807, 2.05) is 0 Å². The van der Waals surface area contributed by atoms with E-state index in [4.69, 9.17) is 16.7 Å². The Labute approximate surface area is 105 Å². The zero-order valence-corrected chi connectivity index (χ0v) is 10.6. The Morgan fingerprint density at radius 1 is 1.53 bits per heavy atom. The van der Waals surface area contributed by atoms with Gasteiger partial charge in [0.2, 0.25) is 10.0 Å². The number of rotatable bonds is 4. The summed E-state index contributed by atoms with van der Waals surface area (Å²) in [5.74, 6) is 0.204. The highest BCUT2D eigenvalue weighted by atomic mass is 35.5. The van der Waals surface area contributed by atoms with Crippen LogP contribution in [0.25, 0.3) is 0 Å². The Balaban J connectivity index is 2.02. The van der Waals surface area contributed by atoms with E-state index in [0.29, 0.717) is 19.4 Å². The molecule has 1 heterocycles. The molecule has 0 aliphatic heterocycles. The summed E-state index contributed by atoms with van der Waals surface area (Å²) in [6, 6.07) is 2.93. The lowest BCUT2D eigenvalue weighted by Gasteiger charge is -2.31. The third-order valence-electron chi connectivity index (χ3n) is 2.79. The Morgan fingerprint density at radius 2 is 2.24 bits per heavy atom. The quantitative estimate of drug-likeness (QED) is 0.797. The molecule has 0 amide bonds. The van der Waals surface area contributed by atoms with E-state index in [2.05, 4.69) is 9.71 Å². The minimum atomic E-state index is -3.61. The second-order valence-electron chi connectivity index (χ2n) is 4.14. The molecule has 7 heteroatoms. The van der Waals surface area contributed by atoms with Crippen LogP contribution in [0.2, 0.25) is 5.15 Å². The second kappa shape index (κ2) is 4.89. The molecule has 1 aromatic rings. The van der Waals surface area contributed by atoms with Gasteiger partial charge >= 0.3 is 0 Å². The van der Waals surface area contributed by atoms with Gasteiger partial charge in [-0.25, -0.2) is 18.1 Å². The molecule has 0 unspecified atom stereocenters. The molecule has 0 radical (unpaired) electrons. The summed E-state index contributed by atoms with van der Waals surface area (Å²) < 4.78 is 26.2. The number of aliphatic hydroxyl groups excluding tert-OH is 1. The molecule has 1 aliphatic rings. The number of sulfonamides is 1. The summed E-state index contributed by atoms with van der Waals surface area (Å²) in [4.78, 5) is 3.71. The van der Waals surface area contributed by atoms with Gasteiger partial charge in [-0.05, 0) is 30.9 Å². The molecule has 5 nitrogen and oxygen atoms in total. The lowest BCUT2D eigenvalue weighted by atomic mass is 9.83. The molecular formula is C10H13ClN2O3S. The molecule has 0 atom stereocenters. The van der Waals surface area contributed by atoms with E-state index < -0.39 is 10.0 Å². The van der Waals surface area contributed by atoms with Gasteiger partial charge in [-0.1, -0.05) is 11.6 Å². The molecular weight excluding hydrogens is 264 g/mol. The summed E-state index contributed by atoms with van der Waals surface area (Å²) in [6.45, 7) is 0.324. The SMILES string of the molecule is O=S(=O)(NCC1CC(O)C1)c1cccnc1Cl. The lowest BCUT2D eigenvalue weighted by Crippen LogP contribution is -2.38. The van der Waals surface area contributed by atoms with Gasteiger partial charge in [0, 0.05) is 12.7 Å². The highest BCUT2D eigenvalue weighted by Gasteiger charge is 2.29. The summed E-state index contributed by atoms with van der Waals surface area (Å²) in [7, 11) is -3.61. The minimum Gasteiger partial charge on any atom is -0.393 e. The van der Waals surface area contributed by atoms with E-state index in [9.17, 15) is 8.42 Å². The number of nitrogens with one attached hydrogen (secondary N) is 1. The average molecular weight is 277 g/mol. The molecule has 0 bridgehead atoms. The number of hydrogen-bond donors (Lipinski definition) is 2. The Hall–Kier alpha value is -0.690. The van der Waals surface area contributed by atoms with Crippen LogP contribution in [0.5, 0.6) is 0 Å². The van der Waals surface area contributed by atoms with Crippen molar-refractivity contribution in [3.8, 4) is 0 Å². The maximum Gasteiger partial charge on any atom is 0.243 e. The van der Waals surface area contributed by atoms with Crippen LogP contribution in [0.1, 0.15) is 12.8 Å². The van der Waals surface area contributed by atoms with Gasteiger partial charge in [-0.15, -0.1) is 0 Å².